The van der Waals surface area contributed by atoms with Gasteiger partial charge in [-0.3, -0.25) is 4.79 Å². The van der Waals surface area contributed by atoms with Crippen molar-refractivity contribution in [3.63, 3.8) is 0 Å². The molecule has 26 heavy (non-hydrogen) atoms. The molecule has 2 N–H and O–H groups in total. The lowest BCUT2D eigenvalue weighted by Gasteiger charge is -2.27. The van der Waals surface area contributed by atoms with Crippen LogP contribution in [0.4, 0.5) is 5.69 Å². The summed E-state index contributed by atoms with van der Waals surface area (Å²) in [5, 5.41) is 12.3. The van der Waals surface area contributed by atoms with Crippen LogP contribution in [0.5, 0.6) is 0 Å². The summed E-state index contributed by atoms with van der Waals surface area (Å²) >= 11 is 0. The molecule has 0 aliphatic carbocycles. The lowest BCUT2D eigenvalue weighted by Crippen LogP contribution is -2.40. The highest BCUT2D eigenvalue weighted by atomic mass is 16.5. The maximum absolute atomic E-state index is 12.7. The van der Waals surface area contributed by atoms with E-state index in [9.17, 15) is 9.59 Å². The van der Waals surface area contributed by atoms with E-state index >= 15 is 0 Å². The van der Waals surface area contributed by atoms with Crippen LogP contribution in [-0.4, -0.2) is 48.2 Å². The minimum atomic E-state index is -0.944. The van der Waals surface area contributed by atoms with Crippen molar-refractivity contribution in [3.8, 4) is 0 Å². The Labute approximate surface area is 152 Å². The second kappa shape index (κ2) is 8.01. The number of rotatable bonds is 5. The number of morpholine rings is 1. The molecular weight excluding hydrogens is 332 g/mol. The molecule has 1 aliphatic heterocycles. The van der Waals surface area contributed by atoms with Crippen molar-refractivity contribution in [1.29, 1.82) is 0 Å². The van der Waals surface area contributed by atoms with Crippen LogP contribution in [0.2, 0.25) is 0 Å². The van der Waals surface area contributed by atoms with Crippen molar-refractivity contribution < 1.29 is 19.4 Å². The summed E-state index contributed by atoms with van der Waals surface area (Å²) < 4.78 is 5.31. The Hall–Kier alpha value is -2.86. The van der Waals surface area contributed by atoms with Gasteiger partial charge in [-0.05, 0) is 42.3 Å². The number of aryl methyl sites for hydroxylation is 1. The molecule has 0 saturated carbocycles. The van der Waals surface area contributed by atoms with Gasteiger partial charge in [-0.25, -0.2) is 4.79 Å². The first kappa shape index (κ1) is 17.9. The number of hydrogen-bond acceptors (Lipinski definition) is 4. The van der Waals surface area contributed by atoms with Crippen molar-refractivity contribution in [2.45, 2.75) is 13.5 Å². The summed E-state index contributed by atoms with van der Waals surface area (Å²) in [5.41, 5.74) is 3.56. The summed E-state index contributed by atoms with van der Waals surface area (Å²) in [6.45, 7) is 4.77. The number of aromatic carboxylic acids is 1. The summed E-state index contributed by atoms with van der Waals surface area (Å²) in [5.74, 6) is -0.928. The number of carboxylic acid groups (broad SMARTS) is 1. The molecule has 0 unspecified atom stereocenters. The Bertz CT molecular complexity index is 813. The number of nitrogens with zero attached hydrogens (tertiary/aromatic N) is 1. The van der Waals surface area contributed by atoms with E-state index < -0.39 is 5.97 Å². The molecule has 0 radical (unpaired) electrons. The van der Waals surface area contributed by atoms with Crippen LogP contribution in [0.15, 0.2) is 42.5 Å². The number of nitrogens with one attached hydrogen (secondary N) is 1. The summed E-state index contributed by atoms with van der Waals surface area (Å²) in [7, 11) is 0. The molecule has 0 bridgehead atoms. The van der Waals surface area contributed by atoms with Crippen LogP contribution in [0.1, 0.15) is 31.8 Å². The molecule has 1 heterocycles. The topological polar surface area (TPSA) is 78.9 Å². The number of hydrogen-bond donors (Lipinski definition) is 2. The molecular formula is C20H22N2O4. The van der Waals surface area contributed by atoms with Crippen LogP contribution in [-0.2, 0) is 11.3 Å². The van der Waals surface area contributed by atoms with E-state index in [1.807, 2.05) is 36.1 Å². The first-order valence-corrected chi connectivity index (χ1v) is 8.58. The number of carbonyl (C=O) groups excluding carboxylic acids is 1. The van der Waals surface area contributed by atoms with Crippen molar-refractivity contribution in [1.82, 2.24) is 4.90 Å². The van der Waals surface area contributed by atoms with Gasteiger partial charge >= 0.3 is 5.97 Å². The highest BCUT2D eigenvalue weighted by molar-refractivity contribution is 5.96. The van der Waals surface area contributed by atoms with Gasteiger partial charge in [0.15, 0.2) is 0 Å². The van der Waals surface area contributed by atoms with E-state index in [0.717, 1.165) is 16.8 Å². The lowest BCUT2D eigenvalue weighted by molar-refractivity contribution is 0.0302. The van der Waals surface area contributed by atoms with Crippen molar-refractivity contribution >= 4 is 17.6 Å². The molecule has 0 aromatic heterocycles. The van der Waals surface area contributed by atoms with Crippen molar-refractivity contribution in [2.24, 2.45) is 0 Å². The van der Waals surface area contributed by atoms with Gasteiger partial charge in [0.25, 0.3) is 5.91 Å². The Morgan fingerprint density at radius 2 is 1.92 bits per heavy atom. The maximum Gasteiger partial charge on any atom is 0.335 e. The Balaban J connectivity index is 1.72. The predicted octanol–water partition coefficient (Wildman–Crippen LogP) is 2.78. The van der Waals surface area contributed by atoms with Gasteiger partial charge in [0.1, 0.15) is 0 Å². The van der Waals surface area contributed by atoms with Gasteiger partial charge in [0.05, 0.1) is 18.8 Å². The molecule has 6 heteroatoms. The van der Waals surface area contributed by atoms with E-state index in [0.29, 0.717) is 38.4 Å². The number of carbonyl (C=O) groups is 2. The molecule has 1 saturated heterocycles. The van der Waals surface area contributed by atoms with Gasteiger partial charge in [0.2, 0.25) is 0 Å². The van der Waals surface area contributed by atoms with E-state index in [2.05, 4.69) is 5.32 Å². The first-order valence-electron chi connectivity index (χ1n) is 8.58. The van der Waals surface area contributed by atoms with E-state index in [-0.39, 0.29) is 11.5 Å². The molecule has 1 amide bonds. The largest absolute Gasteiger partial charge is 0.478 e. The van der Waals surface area contributed by atoms with Crippen LogP contribution >= 0.6 is 0 Å². The van der Waals surface area contributed by atoms with Gasteiger partial charge in [-0.2, -0.15) is 0 Å². The van der Waals surface area contributed by atoms with Crippen LogP contribution < -0.4 is 5.32 Å². The second-order valence-corrected chi connectivity index (χ2v) is 6.29. The monoisotopic (exact) mass is 354 g/mol. The number of carboxylic acids is 1. The van der Waals surface area contributed by atoms with Gasteiger partial charge in [-0.1, -0.05) is 18.2 Å². The minimum Gasteiger partial charge on any atom is -0.478 e. The third-order valence-electron chi connectivity index (χ3n) is 4.44. The quantitative estimate of drug-likeness (QED) is 0.863. The maximum atomic E-state index is 12.7. The van der Waals surface area contributed by atoms with Crippen molar-refractivity contribution in [3.05, 3.63) is 64.7 Å². The highest BCUT2D eigenvalue weighted by Crippen LogP contribution is 2.19. The molecule has 1 aliphatic rings. The average Bonchev–Trinajstić information content (AvgIpc) is 2.67. The number of anilines is 1. The van der Waals surface area contributed by atoms with E-state index in [4.69, 9.17) is 9.84 Å². The number of ether oxygens (including phenoxy) is 1. The third-order valence-corrected chi connectivity index (χ3v) is 4.44. The molecule has 1 fully saturated rings. The Morgan fingerprint density at radius 1 is 1.15 bits per heavy atom. The van der Waals surface area contributed by atoms with Crippen molar-refractivity contribution in [2.75, 3.05) is 31.6 Å². The molecule has 6 nitrogen and oxygen atoms in total. The fraction of sp³-hybridized carbons (Fsp3) is 0.300. The van der Waals surface area contributed by atoms with Gasteiger partial charge < -0.3 is 20.1 Å². The molecule has 0 spiro atoms. The number of benzene rings is 2. The average molecular weight is 354 g/mol. The third kappa shape index (κ3) is 4.21. The molecule has 0 atom stereocenters. The number of amides is 1. The molecule has 2 aromatic rings. The van der Waals surface area contributed by atoms with Gasteiger partial charge in [-0.15, -0.1) is 0 Å². The predicted molar refractivity (Wildman–Crippen MR) is 98.6 cm³/mol. The van der Waals surface area contributed by atoms with Gasteiger partial charge in [0, 0.05) is 30.9 Å². The first-order chi connectivity index (χ1) is 12.5. The molecule has 3 rings (SSSR count). The molecule has 2 aromatic carbocycles. The van der Waals surface area contributed by atoms with Crippen LogP contribution in [0.25, 0.3) is 0 Å². The fourth-order valence-electron chi connectivity index (χ4n) is 2.92. The summed E-state index contributed by atoms with van der Waals surface area (Å²) in [6, 6.07) is 12.5. The van der Waals surface area contributed by atoms with E-state index in [1.165, 1.54) is 0 Å². The summed E-state index contributed by atoms with van der Waals surface area (Å²) in [4.78, 5) is 25.6. The lowest BCUT2D eigenvalue weighted by atomic mass is 10.1. The zero-order chi connectivity index (χ0) is 18.5. The zero-order valence-electron chi connectivity index (χ0n) is 14.7. The normalized spacial score (nSPS) is 14.1. The zero-order valence-corrected chi connectivity index (χ0v) is 14.7. The Kier molecular flexibility index (Phi) is 5.53. The fourth-order valence-corrected chi connectivity index (χ4v) is 2.92. The second-order valence-electron chi connectivity index (χ2n) is 6.29. The van der Waals surface area contributed by atoms with Crippen LogP contribution in [0, 0.1) is 6.92 Å². The minimum absolute atomic E-state index is 0.0160. The van der Waals surface area contributed by atoms with E-state index in [1.54, 1.807) is 18.2 Å². The van der Waals surface area contributed by atoms with Crippen LogP contribution in [0.3, 0.4) is 0 Å². The highest BCUT2D eigenvalue weighted by Gasteiger charge is 2.20. The molecule has 136 valence electrons. The smallest absolute Gasteiger partial charge is 0.335 e. The Morgan fingerprint density at radius 3 is 2.65 bits per heavy atom. The summed E-state index contributed by atoms with van der Waals surface area (Å²) in [6.07, 6.45) is 0. The SMILES string of the molecule is Cc1ccc(NCc2cccc(C(=O)O)c2)cc1C(=O)N1CCOCC1. The standard InChI is InChI=1S/C20H22N2O4/c1-14-5-6-17(12-18(14)19(23)22-7-9-26-10-8-22)21-13-15-3-2-4-16(11-15)20(24)25/h2-6,11-12,21H,7-10,13H2,1H3,(H,24,25).